The largest absolute Gasteiger partial charge is 0.490 e. The lowest BCUT2D eigenvalue weighted by atomic mass is 9.61. The van der Waals surface area contributed by atoms with E-state index in [1.54, 1.807) is 0 Å². The number of carbonyl (C=O) groups is 3. The Balaban J connectivity index is 0.000000396. The number of amides is 2. The molecule has 3 rings (SSSR count). The number of hydrogen-bond acceptors (Lipinski definition) is 7. The number of alkyl halides is 3. The average Bonchev–Trinajstić information content (AvgIpc) is 3.32. The fraction of sp³-hybridized carbons (Fsp3) is 0.647. The van der Waals surface area contributed by atoms with E-state index in [-0.39, 0.29) is 18.2 Å². The molecular formula is C17H23F3N4O6. The molecule has 2 fully saturated rings. The molecule has 0 aromatic carbocycles. The van der Waals surface area contributed by atoms with Gasteiger partial charge in [0.25, 0.3) is 5.91 Å². The van der Waals surface area contributed by atoms with Gasteiger partial charge < -0.3 is 30.3 Å². The number of ether oxygens (including phenoxy) is 1. The summed E-state index contributed by atoms with van der Waals surface area (Å²) < 4.78 is 41.7. The molecule has 30 heavy (non-hydrogen) atoms. The summed E-state index contributed by atoms with van der Waals surface area (Å²) in [5.41, 5.74) is 0.642. The number of halogens is 3. The van der Waals surface area contributed by atoms with Gasteiger partial charge in [0.1, 0.15) is 0 Å². The first-order chi connectivity index (χ1) is 14.0. The first-order valence-corrected chi connectivity index (χ1v) is 9.14. The second kappa shape index (κ2) is 9.78. The molecule has 1 aromatic heterocycles. The van der Waals surface area contributed by atoms with Crippen LogP contribution in [-0.2, 0) is 16.1 Å². The number of rotatable bonds is 5. The first kappa shape index (κ1) is 23.4. The van der Waals surface area contributed by atoms with Crippen LogP contribution in [-0.4, -0.2) is 61.1 Å². The van der Waals surface area contributed by atoms with Gasteiger partial charge in [-0.15, -0.1) is 0 Å². The van der Waals surface area contributed by atoms with Crippen LogP contribution in [0.5, 0.6) is 0 Å². The van der Waals surface area contributed by atoms with Gasteiger partial charge in [-0.1, -0.05) is 5.16 Å². The topological polar surface area (TPSA) is 143 Å². The zero-order valence-electron chi connectivity index (χ0n) is 16.2. The van der Waals surface area contributed by atoms with Crippen LogP contribution in [0.25, 0.3) is 0 Å². The van der Waals surface area contributed by atoms with E-state index < -0.39 is 18.2 Å². The molecule has 1 saturated carbocycles. The van der Waals surface area contributed by atoms with Crippen molar-refractivity contribution >= 4 is 18.0 Å². The normalized spacial score (nSPS) is 22.5. The van der Waals surface area contributed by atoms with Gasteiger partial charge in [-0.2, -0.15) is 13.2 Å². The van der Waals surface area contributed by atoms with Gasteiger partial charge in [0, 0.05) is 26.2 Å². The third-order valence-electron chi connectivity index (χ3n) is 4.92. The van der Waals surface area contributed by atoms with Crippen molar-refractivity contribution < 1.29 is 41.9 Å². The second-order valence-electron chi connectivity index (χ2n) is 7.22. The van der Waals surface area contributed by atoms with Crippen LogP contribution in [0.15, 0.2) is 10.6 Å². The molecule has 0 bridgehead atoms. The molecule has 10 nitrogen and oxygen atoms in total. The standard InChI is InChI=1S/C15H22N4O4.C2HF3O2/c1-16-13(20)12-4-11(23-19-12)8-22-14(21)18-7-10-5-15(6-10)2-3-17-9-15;3-2(4,5)1(6)7/h4,10,17H,2-3,5-9H2,1H3,(H,16,20)(H,18,21);(H,6,7). The fourth-order valence-corrected chi connectivity index (χ4v) is 3.48. The van der Waals surface area contributed by atoms with Crippen molar-refractivity contribution in [3.8, 4) is 0 Å². The Morgan fingerprint density at radius 3 is 2.60 bits per heavy atom. The predicted molar refractivity (Wildman–Crippen MR) is 94.4 cm³/mol. The highest BCUT2D eigenvalue weighted by atomic mass is 19.4. The van der Waals surface area contributed by atoms with E-state index in [0.717, 1.165) is 25.9 Å². The second-order valence-corrected chi connectivity index (χ2v) is 7.22. The molecular weight excluding hydrogens is 413 g/mol. The zero-order chi connectivity index (χ0) is 22.4. The van der Waals surface area contributed by atoms with Crippen LogP contribution in [0.2, 0.25) is 0 Å². The van der Waals surface area contributed by atoms with Crippen LogP contribution >= 0.6 is 0 Å². The third kappa shape index (κ3) is 6.61. The minimum atomic E-state index is -5.08. The molecule has 0 atom stereocenters. The van der Waals surface area contributed by atoms with Gasteiger partial charge in [0.05, 0.1) is 0 Å². The number of alkyl carbamates (subject to hydrolysis) is 1. The summed E-state index contributed by atoms with van der Waals surface area (Å²) in [6.45, 7) is 2.80. The molecule has 0 radical (unpaired) electrons. The van der Waals surface area contributed by atoms with Crippen LogP contribution in [0, 0.1) is 11.3 Å². The van der Waals surface area contributed by atoms with Gasteiger partial charge >= 0.3 is 18.2 Å². The van der Waals surface area contributed by atoms with Crippen molar-refractivity contribution in [3.63, 3.8) is 0 Å². The van der Waals surface area contributed by atoms with E-state index in [2.05, 4.69) is 21.1 Å². The minimum absolute atomic E-state index is 0.0473. The Hall–Kier alpha value is -2.83. The van der Waals surface area contributed by atoms with Crippen molar-refractivity contribution in [2.24, 2.45) is 11.3 Å². The lowest BCUT2D eigenvalue weighted by Crippen LogP contribution is -2.44. The van der Waals surface area contributed by atoms with Gasteiger partial charge in [-0.25, -0.2) is 9.59 Å². The van der Waals surface area contributed by atoms with E-state index in [1.165, 1.54) is 19.5 Å². The van der Waals surface area contributed by atoms with E-state index in [1.807, 2.05) is 0 Å². The van der Waals surface area contributed by atoms with E-state index in [4.69, 9.17) is 19.2 Å². The summed E-state index contributed by atoms with van der Waals surface area (Å²) in [6.07, 6.45) is -1.99. The number of nitrogens with zero attached hydrogens (tertiary/aromatic N) is 1. The summed E-state index contributed by atoms with van der Waals surface area (Å²) in [7, 11) is 1.51. The van der Waals surface area contributed by atoms with Crippen molar-refractivity contribution in [1.29, 1.82) is 0 Å². The Morgan fingerprint density at radius 2 is 2.07 bits per heavy atom. The van der Waals surface area contributed by atoms with Crippen LogP contribution < -0.4 is 16.0 Å². The maximum absolute atomic E-state index is 11.7. The highest BCUT2D eigenvalue weighted by molar-refractivity contribution is 5.91. The van der Waals surface area contributed by atoms with Crippen molar-refractivity contribution in [3.05, 3.63) is 17.5 Å². The molecule has 1 spiro atoms. The smallest absolute Gasteiger partial charge is 0.475 e. The quantitative estimate of drug-likeness (QED) is 0.541. The molecule has 168 valence electrons. The van der Waals surface area contributed by atoms with Gasteiger partial charge in [-0.05, 0) is 37.1 Å². The highest BCUT2D eigenvalue weighted by Gasteiger charge is 2.45. The Bertz CT molecular complexity index is 753. The fourth-order valence-electron chi connectivity index (χ4n) is 3.48. The van der Waals surface area contributed by atoms with Crippen molar-refractivity contribution in [2.45, 2.75) is 32.0 Å². The lowest BCUT2D eigenvalue weighted by Gasteiger charge is -2.44. The van der Waals surface area contributed by atoms with Crippen LogP contribution in [0.1, 0.15) is 35.5 Å². The summed E-state index contributed by atoms with van der Waals surface area (Å²) in [4.78, 5) is 31.9. The molecule has 1 saturated heterocycles. The third-order valence-corrected chi connectivity index (χ3v) is 4.92. The predicted octanol–water partition coefficient (Wildman–Crippen LogP) is 1.28. The van der Waals surface area contributed by atoms with Crippen LogP contribution in [0.3, 0.4) is 0 Å². The molecule has 2 aliphatic rings. The van der Waals surface area contributed by atoms with Crippen molar-refractivity contribution in [2.75, 3.05) is 26.7 Å². The lowest BCUT2D eigenvalue weighted by molar-refractivity contribution is -0.192. The molecule has 2 amide bonds. The summed E-state index contributed by atoms with van der Waals surface area (Å²) in [5, 5.41) is 19.3. The summed E-state index contributed by atoms with van der Waals surface area (Å²) in [5.74, 6) is -2.23. The Labute approximate surface area is 169 Å². The van der Waals surface area contributed by atoms with Gasteiger partial charge in [0.15, 0.2) is 18.1 Å². The Kier molecular flexibility index (Phi) is 7.65. The minimum Gasteiger partial charge on any atom is -0.475 e. The molecule has 4 N–H and O–H groups in total. The van der Waals surface area contributed by atoms with E-state index in [0.29, 0.717) is 23.6 Å². The molecule has 13 heteroatoms. The number of hydrogen-bond donors (Lipinski definition) is 4. The monoisotopic (exact) mass is 436 g/mol. The number of carboxylic acid groups (broad SMARTS) is 1. The zero-order valence-corrected chi connectivity index (χ0v) is 16.2. The van der Waals surface area contributed by atoms with Crippen LogP contribution in [0.4, 0.5) is 18.0 Å². The highest BCUT2D eigenvalue weighted by Crippen LogP contribution is 2.49. The van der Waals surface area contributed by atoms with Gasteiger partial charge in [-0.3, -0.25) is 4.79 Å². The number of carboxylic acids is 1. The maximum Gasteiger partial charge on any atom is 0.490 e. The number of carbonyl (C=O) groups excluding carboxylic acids is 2. The van der Waals surface area contributed by atoms with E-state index in [9.17, 15) is 22.8 Å². The molecule has 1 aliphatic heterocycles. The Morgan fingerprint density at radius 1 is 1.40 bits per heavy atom. The molecule has 0 unspecified atom stereocenters. The number of nitrogens with one attached hydrogen (secondary N) is 3. The molecule has 1 aliphatic carbocycles. The first-order valence-electron chi connectivity index (χ1n) is 9.14. The molecule has 1 aromatic rings. The van der Waals surface area contributed by atoms with E-state index >= 15 is 0 Å². The maximum atomic E-state index is 11.7. The number of aromatic nitrogens is 1. The molecule has 2 heterocycles. The summed E-state index contributed by atoms with van der Waals surface area (Å²) >= 11 is 0. The summed E-state index contributed by atoms with van der Waals surface area (Å²) in [6, 6.07) is 1.45. The average molecular weight is 436 g/mol. The SMILES string of the molecule is CNC(=O)c1cc(COC(=O)NCC2CC3(CCNC3)C2)on1.O=C(O)C(F)(F)F. The number of aliphatic carboxylic acids is 1. The van der Waals surface area contributed by atoms with Gasteiger partial charge in [0.2, 0.25) is 0 Å². The van der Waals surface area contributed by atoms with Crippen molar-refractivity contribution in [1.82, 2.24) is 21.1 Å².